The van der Waals surface area contributed by atoms with E-state index in [9.17, 15) is 13.2 Å². The summed E-state index contributed by atoms with van der Waals surface area (Å²) in [4.78, 5) is 9.64. The van der Waals surface area contributed by atoms with E-state index in [2.05, 4.69) is 20.2 Å². The summed E-state index contributed by atoms with van der Waals surface area (Å²) in [6.45, 7) is 2.38. The lowest BCUT2D eigenvalue weighted by atomic mass is 10.1. The fourth-order valence-corrected chi connectivity index (χ4v) is 3.22. The number of rotatable bonds is 4. The van der Waals surface area contributed by atoms with Crippen LogP contribution in [0.1, 0.15) is 16.3 Å². The van der Waals surface area contributed by atoms with Crippen LogP contribution in [0.15, 0.2) is 24.3 Å². The molecule has 0 aliphatic rings. The van der Waals surface area contributed by atoms with E-state index < -0.39 is 11.7 Å². The van der Waals surface area contributed by atoms with Crippen molar-refractivity contribution in [3.05, 3.63) is 40.5 Å². The first-order chi connectivity index (χ1) is 11.4. The van der Waals surface area contributed by atoms with Gasteiger partial charge in [-0.3, -0.25) is 5.10 Å². The fourth-order valence-electron chi connectivity index (χ4n) is 2.20. The van der Waals surface area contributed by atoms with Crippen molar-refractivity contribution in [1.82, 2.24) is 20.2 Å². The Kier molecular flexibility index (Phi) is 4.37. The van der Waals surface area contributed by atoms with Crippen molar-refractivity contribution in [2.45, 2.75) is 19.5 Å². The van der Waals surface area contributed by atoms with Crippen LogP contribution in [0.25, 0.3) is 22.1 Å². The molecule has 0 unspecified atom stereocenters. The minimum Gasteiger partial charge on any atom is -0.330 e. The van der Waals surface area contributed by atoms with E-state index in [1.54, 1.807) is 0 Å². The maximum Gasteiger partial charge on any atom is 0.416 e. The Balaban J connectivity index is 1.88. The van der Waals surface area contributed by atoms with Crippen LogP contribution in [0.4, 0.5) is 13.2 Å². The average molecular weight is 353 g/mol. The third-order valence-electron chi connectivity index (χ3n) is 3.37. The van der Waals surface area contributed by atoms with Crippen molar-refractivity contribution >= 4 is 11.3 Å². The molecule has 0 radical (unpaired) electrons. The molecule has 0 bridgehead atoms. The Morgan fingerprint density at radius 3 is 2.50 bits per heavy atom. The van der Waals surface area contributed by atoms with Crippen LogP contribution in [-0.2, 0) is 12.6 Å². The molecular weight excluding hydrogens is 339 g/mol. The number of halogens is 3. The molecule has 0 saturated carbocycles. The van der Waals surface area contributed by atoms with Gasteiger partial charge in [0.2, 0.25) is 0 Å². The molecule has 2 heterocycles. The Hall–Kier alpha value is -2.26. The van der Waals surface area contributed by atoms with Crippen molar-refractivity contribution < 1.29 is 13.2 Å². The van der Waals surface area contributed by atoms with Gasteiger partial charge >= 0.3 is 6.18 Å². The second-order valence-corrected chi connectivity index (χ2v) is 6.23. The summed E-state index contributed by atoms with van der Waals surface area (Å²) in [6, 6.07) is 4.75. The Morgan fingerprint density at radius 2 is 1.88 bits per heavy atom. The SMILES string of the molecule is Cc1nc(CCN)sc1-c1nc(-c2ccc(C(F)(F)F)cc2)n[nH]1. The molecule has 2 aromatic heterocycles. The Labute approximate surface area is 139 Å². The van der Waals surface area contributed by atoms with Crippen LogP contribution in [0.2, 0.25) is 0 Å². The van der Waals surface area contributed by atoms with Gasteiger partial charge in [-0.15, -0.1) is 11.3 Å². The maximum atomic E-state index is 12.6. The minimum absolute atomic E-state index is 0.340. The quantitative estimate of drug-likeness (QED) is 0.753. The van der Waals surface area contributed by atoms with Crippen molar-refractivity contribution in [1.29, 1.82) is 0 Å². The number of hydrogen-bond acceptors (Lipinski definition) is 5. The zero-order valence-corrected chi connectivity index (χ0v) is 13.5. The molecule has 0 amide bonds. The summed E-state index contributed by atoms with van der Waals surface area (Å²) in [5.41, 5.74) is 6.16. The van der Waals surface area contributed by atoms with Gasteiger partial charge in [0.1, 0.15) is 0 Å². The van der Waals surface area contributed by atoms with Crippen molar-refractivity contribution in [3.8, 4) is 22.1 Å². The largest absolute Gasteiger partial charge is 0.416 e. The second kappa shape index (κ2) is 6.33. The predicted molar refractivity (Wildman–Crippen MR) is 85.4 cm³/mol. The highest BCUT2D eigenvalue weighted by molar-refractivity contribution is 7.15. The summed E-state index contributed by atoms with van der Waals surface area (Å²) >= 11 is 1.48. The van der Waals surface area contributed by atoms with Gasteiger partial charge in [0.15, 0.2) is 11.6 Å². The van der Waals surface area contributed by atoms with Gasteiger partial charge in [0.05, 0.1) is 21.1 Å². The molecule has 3 rings (SSSR count). The predicted octanol–water partition coefficient (Wildman–Crippen LogP) is 3.42. The molecule has 0 aliphatic carbocycles. The molecule has 5 nitrogen and oxygen atoms in total. The molecule has 1 aromatic carbocycles. The fraction of sp³-hybridized carbons (Fsp3) is 0.267. The van der Waals surface area contributed by atoms with Crippen LogP contribution >= 0.6 is 11.3 Å². The van der Waals surface area contributed by atoms with Crippen LogP contribution in [-0.4, -0.2) is 26.7 Å². The number of benzene rings is 1. The number of nitrogens with zero attached hydrogens (tertiary/aromatic N) is 3. The zero-order valence-electron chi connectivity index (χ0n) is 12.7. The van der Waals surface area contributed by atoms with Crippen LogP contribution in [0.3, 0.4) is 0 Å². The van der Waals surface area contributed by atoms with Gasteiger partial charge < -0.3 is 5.73 Å². The number of H-pyrrole nitrogens is 1. The number of nitrogens with one attached hydrogen (secondary N) is 1. The third-order valence-corrected chi connectivity index (χ3v) is 4.59. The van der Waals surface area contributed by atoms with Crippen LogP contribution in [0, 0.1) is 6.92 Å². The molecule has 3 aromatic rings. The summed E-state index contributed by atoms with van der Waals surface area (Å²) < 4.78 is 37.8. The average Bonchev–Trinajstić information content (AvgIpc) is 3.14. The van der Waals surface area contributed by atoms with Gasteiger partial charge in [0, 0.05) is 12.0 Å². The second-order valence-electron chi connectivity index (χ2n) is 5.14. The molecule has 3 N–H and O–H groups in total. The monoisotopic (exact) mass is 353 g/mol. The number of aromatic nitrogens is 4. The molecule has 0 spiro atoms. The van der Waals surface area contributed by atoms with E-state index in [-0.39, 0.29) is 0 Å². The zero-order chi connectivity index (χ0) is 17.3. The molecule has 9 heteroatoms. The lowest BCUT2D eigenvalue weighted by Gasteiger charge is -2.05. The van der Waals surface area contributed by atoms with Crippen molar-refractivity contribution in [3.63, 3.8) is 0 Å². The highest BCUT2D eigenvalue weighted by atomic mass is 32.1. The van der Waals surface area contributed by atoms with Gasteiger partial charge in [-0.2, -0.15) is 18.3 Å². The van der Waals surface area contributed by atoms with Gasteiger partial charge in [-0.25, -0.2) is 9.97 Å². The molecule has 0 aliphatic heterocycles. The van der Waals surface area contributed by atoms with Crippen LogP contribution in [0.5, 0.6) is 0 Å². The van der Waals surface area contributed by atoms with Crippen molar-refractivity contribution in [2.24, 2.45) is 5.73 Å². The van der Waals surface area contributed by atoms with E-state index in [0.29, 0.717) is 30.2 Å². The first kappa shape index (κ1) is 16.6. The third kappa shape index (κ3) is 3.31. The molecule has 0 saturated heterocycles. The summed E-state index contributed by atoms with van der Waals surface area (Å²) in [5.74, 6) is 0.884. The lowest BCUT2D eigenvalue weighted by molar-refractivity contribution is -0.137. The van der Waals surface area contributed by atoms with E-state index in [0.717, 1.165) is 27.7 Å². The van der Waals surface area contributed by atoms with Gasteiger partial charge in [0.25, 0.3) is 0 Å². The normalized spacial score (nSPS) is 11.9. The Morgan fingerprint density at radius 1 is 1.17 bits per heavy atom. The highest BCUT2D eigenvalue weighted by Gasteiger charge is 2.30. The molecule has 126 valence electrons. The Bertz CT molecular complexity index is 836. The summed E-state index contributed by atoms with van der Waals surface area (Å²) in [5, 5.41) is 7.82. The van der Waals surface area contributed by atoms with Crippen molar-refractivity contribution in [2.75, 3.05) is 6.54 Å². The van der Waals surface area contributed by atoms with Gasteiger partial charge in [-0.05, 0) is 25.6 Å². The first-order valence-electron chi connectivity index (χ1n) is 7.15. The van der Waals surface area contributed by atoms with E-state index in [1.807, 2.05) is 6.92 Å². The topological polar surface area (TPSA) is 80.5 Å². The number of aryl methyl sites for hydroxylation is 1. The molecule has 0 fully saturated rings. The number of thiazole rings is 1. The van der Waals surface area contributed by atoms with E-state index >= 15 is 0 Å². The number of alkyl halides is 3. The van der Waals surface area contributed by atoms with E-state index in [4.69, 9.17) is 5.73 Å². The number of nitrogens with two attached hydrogens (primary N) is 1. The van der Waals surface area contributed by atoms with E-state index in [1.165, 1.54) is 23.5 Å². The molecular formula is C15H14F3N5S. The number of hydrogen-bond donors (Lipinski definition) is 2. The smallest absolute Gasteiger partial charge is 0.330 e. The first-order valence-corrected chi connectivity index (χ1v) is 7.97. The standard InChI is InChI=1S/C15H14F3N5S/c1-8-12(24-11(20-8)6-7-19)14-21-13(22-23-14)9-2-4-10(5-3-9)15(16,17)18/h2-5H,6-7,19H2,1H3,(H,21,22,23). The maximum absolute atomic E-state index is 12.6. The summed E-state index contributed by atoms with van der Waals surface area (Å²) in [7, 11) is 0. The highest BCUT2D eigenvalue weighted by Crippen LogP contribution is 2.31. The lowest BCUT2D eigenvalue weighted by Crippen LogP contribution is -2.04. The minimum atomic E-state index is -4.36. The van der Waals surface area contributed by atoms with Crippen LogP contribution < -0.4 is 5.73 Å². The molecule has 24 heavy (non-hydrogen) atoms. The number of aromatic amines is 1. The van der Waals surface area contributed by atoms with Gasteiger partial charge in [-0.1, -0.05) is 12.1 Å². The summed E-state index contributed by atoms with van der Waals surface area (Å²) in [6.07, 6.45) is -3.67. The molecule has 0 atom stereocenters.